The Hall–Kier alpha value is -0.410. The first-order valence-electron chi connectivity index (χ1n) is 4.29. The molecule has 1 aromatic carbocycles. The molecule has 0 spiro atoms. The monoisotopic (exact) mass is 295 g/mol. The highest BCUT2D eigenvalue weighted by molar-refractivity contribution is 6.39. The molecule has 0 aliphatic heterocycles. The second-order valence-electron chi connectivity index (χ2n) is 3.01. The van der Waals surface area contributed by atoms with E-state index in [0.717, 1.165) is 0 Å². The molecule has 0 aliphatic carbocycles. The van der Waals surface area contributed by atoms with E-state index in [-0.39, 0.29) is 11.1 Å². The van der Waals surface area contributed by atoms with Crippen molar-refractivity contribution < 1.29 is 4.52 Å². The molecule has 0 radical (unpaired) electrons. The van der Waals surface area contributed by atoms with Crippen molar-refractivity contribution in [1.82, 2.24) is 5.16 Å². The van der Waals surface area contributed by atoms with Crippen LogP contribution in [0.5, 0.6) is 0 Å². The first-order valence-corrected chi connectivity index (χ1v) is 5.96. The number of hydrogen-bond acceptors (Lipinski definition) is 2. The average molecular weight is 297 g/mol. The minimum Gasteiger partial charge on any atom is -0.343 e. The molecule has 2 rings (SSSR count). The molecule has 16 heavy (non-hydrogen) atoms. The van der Waals surface area contributed by atoms with Gasteiger partial charge in [0, 0.05) is 5.56 Å². The zero-order valence-electron chi connectivity index (χ0n) is 7.81. The summed E-state index contributed by atoms with van der Waals surface area (Å²) in [5, 5.41) is 4.92. The lowest BCUT2D eigenvalue weighted by Gasteiger charge is -2.04. The van der Waals surface area contributed by atoms with Gasteiger partial charge in [0.05, 0.1) is 21.5 Å². The molecule has 0 amide bonds. The summed E-state index contributed by atoms with van der Waals surface area (Å²) in [5.41, 5.74) is 1.64. The first-order chi connectivity index (χ1) is 7.65. The van der Waals surface area contributed by atoms with Crippen molar-refractivity contribution in [2.75, 3.05) is 0 Å². The van der Waals surface area contributed by atoms with Crippen LogP contribution in [0.1, 0.15) is 5.56 Å². The molecule has 0 unspecified atom stereocenters. The Bertz CT molecular complexity index is 503. The van der Waals surface area contributed by atoms with E-state index < -0.39 is 0 Å². The number of hydrogen-bond donors (Lipinski definition) is 0. The van der Waals surface area contributed by atoms with Gasteiger partial charge in [-0.15, -0.1) is 11.6 Å². The predicted octanol–water partition coefficient (Wildman–Crippen LogP) is 5.04. The van der Waals surface area contributed by atoms with Gasteiger partial charge in [-0.2, -0.15) is 0 Å². The molecular weight excluding hydrogens is 292 g/mol. The smallest absolute Gasteiger partial charge is 0.231 e. The third kappa shape index (κ3) is 2.03. The summed E-state index contributed by atoms with van der Waals surface area (Å²) in [6, 6.07) is 5.17. The van der Waals surface area contributed by atoms with Crippen LogP contribution in [0.2, 0.25) is 15.3 Å². The quantitative estimate of drug-likeness (QED) is 0.726. The van der Waals surface area contributed by atoms with Crippen LogP contribution in [-0.2, 0) is 5.88 Å². The van der Waals surface area contributed by atoms with Crippen molar-refractivity contribution in [1.29, 1.82) is 0 Å². The number of alkyl halides is 1. The van der Waals surface area contributed by atoms with E-state index >= 15 is 0 Å². The van der Waals surface area contributed by atoms with Crippen molar-refractivity contribution in [3.63, 3.8) is 0 Å². The van der Waals surface area contributed by atoms with Crippen LogP contribution in [-0.4, -0.2) is 5.16 Å². The Balaban J connectivity index is 2.67. The van der Waals surface area contributed by atoms with E-state index in [4.69, 9.17) is 50.9 Å². The summed E-state index contributed by atoms with van der Waals surface area (Å²) in [6.45, 7) is 0. The van der Waals surface area contributed by atoms with E-state index in [1.54, 1.807) is 18.2 Å². The number of halogens is 4. The van der Waals surface area contributed by atoms with E-state index in [0.29, 0.717) is 26.9 Å². The predicted molar refractivity (Wildman–Crippen MR) is 66.5 cm³/mol. The van der Waals surface area contributed by atoms with Crippen molar-refractivity contribution in [2.45, 2.75) is 5.88 Å². The molecule has 84 valence electrons. The molecular formula is C10H5Cl4NO. The van der Waals surface area contributed by atoms with Crippen LogP contribution < -0.4 is 0 Å². The highest BCUT2D eigenvalue weighted by Crippen LogP contribution is 2.38. The Morgan fingerprint density at radius 1 is 1.12 bits per heavy atom. The highest BCUT2D eigenvalue weighted by atomic mass is 35.5. The SMILES string of the molecule is ClCc1c(-c2c(Cl)cccc2Cl)noc1Cl. The zero-order chi connectivity index (χ0) is 11.7. The third-order valence-corrected chi connectivity index (χ3v) is 3.27. The fourth-order valence-corrected chi connectivity index (χ4v) is 2.41. The van der Waals surface area contributed by atoms with Gasteiger partial charge in [-0.3, -0.25) is 0 Å². The van der Waals surface area contributed by atoms with Gasteiger partial charge in [0.1, 0.15) is 5.69 Å². The van der Waals surface area contributed by atoms with Crippen LogP contribution in [0.4, 0.5) is 0 Å². The van der Waals surface area contributed by atoms with Crippen molar-refractivity contribution in [3.05, 3.63) is 39.0 Å². The molecule has 0 fully saturated rings. The van der Waals surface area contributed by atoms with E-state index in [1.165, 1.54) is 0 Å². The average Bonchev–Trinajstić information content (AvgIpc) is 2.59. The molecule has 2 aromatic rings. The summed E-state index contributed by atoms with van der Waals surface area (Å²) < 4.78 is 4.86. The first kappa shape index (κ1) is 12.1. The molecule has 1 aromatic heterocycles. The van der Waals surface area contributed by atoms with Gasteiger partial charge in [0.2, 0.25) is 5.22 Å². The van der Waals surface area contributed by atoms with Gasteiger partial charge in [0.25, 0.3) is 0 Å². The number of aromatic nitrogens is 1. The topological polar surface area (TPSA) is 26.0 Å². The Morgan fingerprint density at radius 2 is 1.75 bits per heavy atom. The van der Waals surface area contributed by atoms with Crippen LogP contribution >= 0.6 is 46.4 Å². The summed E-state index contributed by atoms with van der Waals surface area (Å²) in [4.78, 5) is 0. The summed E-state index contributed by atoms with van der Waals surface area (Å²) in [5.74, 6) is 0.180. The van der Waals surface area contributed by atoms with Crippen molar-refractivity contribution >= 4 is 46.4 Å². The van der Waals surface area contributed by atoms with Crippen LogP contribution in [0.15, 0.2) is 22.7 Å². The second kappa shape index (κ2) is 4.84. The maximum atomic E-state index is 6.05. The lowest BCUT2D eigenvalue weighted by atomic mass is 10.1. The number of nitrogens with zero attached hydrogens (tertiary/aromatic N) is 1. The normalized spacial score (nSPS) is 10.8. The lowest BCUT2D eigenvalue weighted by molar-refractivity contribution is 0.423. The van der Waals surface area contributed by atoms with Gasteiger partial charge in [-0.25, -0.2) is 0 Å². The van der Waals surface area contributed by atoms with Gasteiger partial charge in [-0.1, -0.05) is 34.4 Å². The molecule has 0 atom stereocenters. The largest absolute Gasteiger partial charge is 0.343 e. The van der Waals surface area contributed by atoms with E-state index in [9.17, 15) is 0 Å². The van der Waals surface area contributed by atoms with E-state index in [1.807, 2.05) is 0 Å². The van der Waals surface area contributed by atoms with Crippen molar-refractivity contribution in [2.24, 2.45) is 0 Å². The minimum absolute atomic E-state index is 0.154. The van der Waals surface area contributed by atoms with Crippen LogP contribution in [0, 0.1) is 0 Å². The van der Waals surface area contributed by atoms with Gasteiger partial charge >= 0.3 is 0 Å². The molecule has 0 aliphatic rings. The van der Waals surface area contributed by atoms with Gasteiger partial charge in [0.15, 0.2) is 0 Å². The molecule has 1 heterocycles. The Kier molecular flexibility index (Phi) is 3.65. The number of benzene rings is 1. The van der Waals surface area contributed by atoms with E-state index in [2.05, 4.69) is 5.16 Å². The fraction of sp³-hybridized carbons (Fsp3) is 0.100. The van der Waals surface area contributed by atoms with Gasteiger partial charge < -0.3 is 4.52 Å². The van der Waals surface area contributed by atoms with Crippen LogP contribution in [0.25, 0.3) is 11.3 Å². The molecule has 0 N–H and O–H groups in total. The van der Waals surface area contributed by atoms with Crippen LogP contribution in [0.3, 0.4) is 0 Å². The number of rotatable bonds is 2. The molecule has 0 bridgehead atoms. The molecule has 0 saturated heterocycles. The maximum Gasteiger partial charge on any atom is 0.231 e. The second-order valence-corrected chi connectivity index (χ2v) is 4.44. The Labute approximate surface area is 112 Å². The standard InChI is InChI=1S/C10H5Cl4NO/c11-4-5-9(15-16-10(5)14)8-6(12)2-1-3-7(8)13/h1-3H,4H2. The van der Waals surface area contributed by atoms with Gasteiger partial charge in [-0.05, 0) is 23.7 Å². The zero-order valence-corrected chi connectivity index (χ0v) is 10.8. The lowest BCUT2D eigenvalue weighted by Crippen LogP contribution is -1.86. The maximum absolute atomic E-state index is 6.05. The summed E-state index contributed by atoms with van der Waals surface area (Å²) in [6.07, 6.45) is 0. The minimum atomic E-state index is 0.154. The Morgan fingerprint density at radius 3 is 2.31 bits per heavy atom. The highest BCUT2D eigenvalue weighted by Gasteiger charge is 2.19. The molecule has 6 heteroatoms. The third-order valence-electron chi connectivity index (χ3n) is 2.07. The molecule has 2 nitrogen and oxygen atoms in total. The van der Waals surface area contributed by atoms with Crippen molar-refractivity contribution in [3.8, 4) is 11.3 Å². The fourth-order valence-electron chi connectivity index (χ4n) is 1.33. The summed E-state index contributed by atoms with van der Waals surface area (Å²) >= 11 is 23.7. The summed E-state index contributed by atoms with van der Waals surface area (Å²) in [7, 11) is 0. The molecule has 0 saturated carbocycles.